The molecule has 0 spiro atoms. The fraction of sp³-hybridized carbons (Fsp3) is 0.857. The molecule has 0 aromatic carbocycles. The highest BCUT2D eigenvalue weighted by Gasteiger charge is 2.56. The van der Waals surface area contributed by atoms with Gasteiger partial charge in [-0.05, 0) is 118 Å². The van der Waals surface area contributed by atoms with Gasteiger partial charge in [0.15, 0.2) is 0 Å². The van der Waals surface area contributed by atoms with Gasteiger partial charge in [0.25, 0.3) is 0 Å². The van der Waals surface area contributed by atoms with Crippen molar-refractivity contribution in [1.29, 1.82) is 0 Å². The summed E-state index contributed by atoms with van der Waals surface area (Å²) in [4.78, 5) is 0. The number of fused-ring (bicyclic) bond motifs is 4. The van der Waals surface area contributed by atoms with Crippen LogP contribution in [0.4, 0.5) is 0 Å². The van der Waals surface area contributed by atoms with Crippen LogP contribution in [0.1, 0.15) is 106 Å². The fourth-order valence-corrected chi connectivity index (χ4v) is 8.73. The van der Waals surface area contributed by atoms with Crippen LogP contribution < -0.4 is 0 Å². The molecule has 164 valence electrons. The molecule has 0 aromatic heterocycles. The quantitative estimate of drug-likeness (QED) is 0.481. The van der Waals surface area contributed by atoms with E-state index in [-0.39, 0.29) is 6.10 Å². The van der Waals surface area contributed by atoms with Gasteiger partial charge in [-0.3, -0.25) is 0 Å². The zero-order valence-corrected chi connectivity index (χ0v) is 20.1. The van der Waals surface area contributed by atoms with Crippen LogP contribution in [-0.4, -0.2) is 11.2 Å². The van der Waals surface area contributed by atoms with E-state index in [0.717, 1.165) is 30.1 Å². The summed E-state index contributed by atoms with van der Waals surface area (Å²) in [5, 5.41) is 10.5. The summed E-state index contributed by atoms with van der Waals surface area (Å²) in [5.41, 5.74) is 6.19. The molecule has 1 N–H and O–H groups in total. The monoisotopic (exact) mass is 398 g/mol. The summed E-state index contributed by atoms with van der Waals surface area (Å²) < 4.78 is 0. The molecule has 3 saturated carbocycles. The molecule has 0 heterocycles. The molecule has 4 aliphatic rings. The Kier molecular flexibility index (Phi) is 5.86. The molecule has 4 rings (SSSR count). The van der Waals surface area contributed by atoms with Crippen LogP contribution in [0.5, 0.6) is 0 Å². The Labute approximate surface area is 180 Å². The van der Waals surface area contributed by atoms with Crippen LogP contribution in [0.15, 0.2) is 22.8 Å². The predicted octanol–water partition coefficient (Wildman–Crippen LogP) is 7.70. The topological polar surface area (TPSA) is 20.2 Å². The molecule has 0 aliphatic heterocycles. The van der Waals surface area contributed by atoms with Gasteiger partial charge >= 0.3 is 0 Å². The van der Waals surface area contributed by atoms with Gasteiger partial charge in [-0.2, -0.15) is 0 Å². The highest BCUT2D eigenvalue weighted by molar-refractivity contribution is 5.35. The number of aliphatic hydroxyl groups is 1. The van der Waals surface area contributed by atoms with Crippen molar-refractivity contribution >= 4 is 0 Å². The summed E-state index contributed by atoms with van der Waals surface area (Å²) in [6, 6.07) is 0. The summed E-state index contributed by atoms with van der Waals surface area (Å²) in [7, 11) is 0. The molecular formula is C28H46O. The molecule has 0 radical (unpaired) electrons. The lowest BCUT2D eigenvalue weighted by Gasteiger charge is -2.58. The molecule has 0 saturated heterocycles. The van der Waals surface area contributed by atoms with Gasteiger partial charge in [0, 0.05) is 0 Å². The van der Waals surface area contributed by atoms with Gasteiger partial charge in [-0.1, -0.05) is 50.5 Å². The highest BCUT2D eigenvalue weighted by Crippen LogP contribution is 2.66. The van der Waals surface area contributed by atoms with Gasteiger partial charge in [0.2, 0.25) is 0 Å². The summed E-state index contributed by atoms with van der Waals surface area (Å²) in [6.07, 6.45) is 15.5. The second-order valence-corrected chi connectivity index (χ2v) is 12.1. The first-order valence-electron chi connectivity index (χ1n) is 12.7. The van der Waals surface area contributed by atoms with Crippen molar-refractivity contribution in [3.05, 3.63) is 22.8 Å². The Morgan fingerprint density at radius 2 is 1.86 bits per heavy atom. The van der Waals surface area contributed by atoms with E-state index in [1.54, 1.807) is 0 Å². The Morgan fingerprint density at radius 3 is 2.59 bits per heavy atom. The number of aliphatic hydroxyl groups excluding tert-OH is 1. The third-order valence-corrected chi connectivity index (χ3v) is 10.4. The van der Waals surface area contributed by atoms with E-state index in [2.05, 4.69) is 47.6 Å². The summed E-state index contributed by atoms with van der Waals surface area (Å²) in [5.74, 6) is 3.74. The molecule has 3 fully saturated rings. The molecular weight excluding hydrogens is 352 g/mol. The zero-order valence-electron chi connectivity index (χ0n) is 20.1. The van der Waals surface area contributed by atoms with Crippen LogP contribution >= 0.6 is 0 Å². The van der Waals surface area contributed by atoms with E-state index in [4.69, 9.17) is 0 Å². The second kappa shape index (κ2) is 7.85. The van der Waals surface area contributed by atoms with E-state index in [0.29, 0.717) is 16.7 Å². The number of rotatable bonds is 4. The van der Waals surface area contributed by atoms with Crippen LogP contribution in [0, 0.1) is 40.4 Å². The van der Waals surface area contributed by atoms with Crippen molar-refractivity contribution in [2.45, 2.75) is 112 Å². The van der Waals surface area contributed by atoms with E-state index >= 15 is 0 Å². The normalized spacial score (nSPS) is 45.3. The Balaban J connectivity index is 1.57. The lowest BCUT2D eigenvalue weighted by Crippen LogP contribution is -2.51. The first kappa shape index (κ1) is 21.7. The maximum atomic E-state index is 10.5. The smallest absolute Gasteiger partial charge is 0.0568 e. The molecule has 3 unspecified atom stereocenters. The first-order chi connectivity index (χ1) is 13.7. The van der Waals surface area contributed by atoms with Gasteiger partial charge < -0.3 is 5.11 Å². The molecule has 8 atom stereocenters. The van der Waals surface area contributed by atoms with Crippen LogP contribution in [0.3, 0.4) is 0 Å². The third-order valence-electron chi connectivity index (χ3n) is 10.4. The molecule has 1 nitrogen and oxygen atoms in total. The van der Waals surface area contributed by atoms with Crippen molar-refractivity contribution in [2.24, 2.45) is 40.4 Å². The lowest BCUT2D eigenvalue weighted by atomic mass is 9.47. The average molecular weight is 399 g/mol. The average Bonchev–Trinajstić information content (AvgIpc) is 3.02. The van der Waals surface area contributed by atoms with Crippen LogP contribution in [-0.2, 0) is 0 Å². The van der Waals surface area contributed by atoms with E-state index in [1.165, 1.54) is 63.4 Å². The lowest BCUT2D eigenvalue weighted by molar-refractivity contribution is -0.0779. The van der Waals surface area contributed by atoms with Gasteiger partial charge in [-0.15, -0.1) is 0 Å². The Bertz CT molecular complexity index is 682. The Hall–Kier alpha value is -0.560. The zero-order chi connectivity index (χ0) is 21.0. The van der Waals surface area contributed by atoms with Crippen molar-refractivity contribution in [3.8, 4) is 0 Å². The van der Waals surface area contributed by atoms with Crippen LogP contribution in [0.2, 0.25) is 0 Å². The van der Waals surface area contributed by atoms with Crippen molar-refractivity contribution in [3.63, 3.8) is 0 Å². The number of hydrogen-bond acceptors (Lipinski definition) is 1. The minimum absolute atomic E-state index is 0.0614. The summed E-state index contributed by atoms with van der Waals surface area (Å²) in [6.45, 7) is 14.6. The SMILES string of the molecule is CC(C)=CCCC(C)[C@H]1CCC2=C3CCC4C(C)[C@@H](O)CC[C@]4(C)[C@H]3CC[C@@]21C. The summed E-state index contributed by atoms with van der Waals surface area (Å²) >= 11 is 0. The third kappa shape index (κ3) is 3.48. The second-order valence-electron chi connectivity index (χ2n) is 12.1. The van der Waals surface area contributed by atoms with Crippen molar-refractivity contribution in [1.82, 2.24) is 0 Å². The number of allylic oxidation sites excluding steroid dienone is 4. The fourth-order valence-electron chi connectivity index (χ4n) is 8.73. The van der Waals surface area contributed by atoms with Gasteiger partial charge in [-0.25, -0.2) is 0 Å². The minimum Gasteiger partial charge on any atom is -0.393 e. The van der Waals surface area contributed by atoms with Crippen molar-refractivity contribution in [2.75, 3.05) is 0 Å². The van der Waals surface area contributed by atoms with E-state index in [1.807, 2.05) is 11.1 Å². The van der Waals surface area contributed by atoms with Gasteiger partial charge in [0.05, 0.1) is 6.10 Å². The van der Waals surface area contributed by atoms with Gasteiger partial charge in [0.1, 0.15) is 0 Å². The van der Waals surface area contributed by atoms with Crippen molar-refractivity contribution < 1.29 is 5.11 Å². The molecule has 1 heteroatoms. The van der Waals surface area contributed by atoms with E-state index in [9.17, 15) is 5.11 Å². The maximum Gasteiger partial charge on any atom is 0.0568 e. The van der Waals surface area contributed by atoms with E-state index < -0.39 is 0 Å². The molecule has 0 amide bonds. The molecule has 0 bridgehead atoms. The minimum atomic E-state index is -0.0614. The maximum absolute atomic E-state index is 10.5. The Morgan fingerprint density at radius 1 is 1.10 bits per heavy atom. The standard InChI is InChI=1S/C28H46O/c1-18(2)8-7-9-19(3)22-12-13-24-21-10-11-23-20(4)26(29)15-17-28(23,6)25(21)14-16-27(22,24)5/h8,19-20,22-23,25-26,29H,7,9-17H2,1-6H3/t19?,20?,22-,23?,25+,26+,27-,28+/m1/s1. The predicted molar refractivity (Wildman–Crippen MR) is 124 cm³/mol. The largest absolute Gasteiger partial charge is 0.393 e. The molecule has 29 heavy (non-hydrogen) atoms. The number of hydrogen-bond donors (Lipinski definition) is 1. The highest BCUT2D eigenvalue weighted by atomic mass is 16.3. The van der Waals surface area contributed by atoms with Crippen LogP contribution in [0.25, 0.3) is 0 Å². The molecule has 4 aliphatic carbocycles. The first-order valence-corrected chi connectivity index (χ1v) is 12.7. The molecule has 0 aromatic rings.